The Kier molecular flexibility index (Phi) is 14.3. The average Bonchev–Trinajstić information content (AvgIpc) is 1.97. The van der Waals surface area contributed by atoms with Gasteiger partial charge in [-0.25, -0.2) is 0 Å². The number of terminal acetylenes is 1. The van der Waals surface area contributed by atoms with E-state index in [0.717, 1.165) is 0 Å². The molecule has 0 fully saturated rings. The van der Waals surface area contributed by atoms with Crippen molar-refractivity contribution in [2.75, 3.05) is 33.0 Å². The maximum absolute atomic E-state index is 5.17. The van der Waals surface area contributed by atoms with E-state index in [1.54, 1.807) is 0 Å². The minimum atomic E-state index is 0. The molecule has 0 saturated carbocycles. The lowest BCUT2D eigenvalue weighted by Gasteiger charge is -2.00. The summed E-state index contributed by atoms with van der Waals surface area (Å²) in [4.78, 5) is 0. The van der Waals surface area contributed by atoms with Crippen LogP contribution < -0.4 is 11.9 Å². The van der Waals surface area contributed by atoms with E-state index in [2.05, 4.69) is 5.92 Å². The molecule has 0 atom stereocenters. The smallest absolute Gasteiger partial charge is 0.107 e. The molecule has 0 saturated heterocycles. The van der Waals surface area contributed by atoms with E-state index in [9.17, 15) is 0 Å². The van der Waals surface area contributed by atoms with Crippen molar-refractivity contribution in [1.82, 2.24) is 6.15 Å². The zero-order valence-corrected chi connectivity index (χ0v) is 6.51. The third-order valence-corrected chi connectivity index (χ3v) is 0.820. The summed E-state index contributed by atoms with van der Waals surface area (Å²) in [5.74, 6) is 2.36. The number of hydrogen-bond acceptors (Lipinski definition) is 3. The van der Waals surface area contributed by atoms with Gasteiger partial charge in [0.1, 0.15) is 6.61 Å². The molecule has 0 aliphatic rings. The molecule has 0 heterocycles. The molecule has 4 nitrogen and oxygen atoms in total. The van der Waals surface area contributed by atoms with Gasteiger partial charge < -0.3 is 15.2 Å². The first-order chi connectivity index (χ1) is 4.91. The molecule has 3 N–H and O–H groups in total. The molecule has 0 amide bonds. The number of nitrogens with one attached hydrogen (secondary N) is 1. The average molecular weight is 158 g/mol. The van der Waals surface area contributed by atoms with Gasteiger partial charge in [-0.05, 0) is 0 Å². The van der Waals surface area contributed by atoms with Gasteiger partial charge in [0.05, 0.1) is 19.8 Å². The fourth-order valence-electron chi connectivity index (χ4n) is 0.434. The largest absolute Gasteiger partial charge is 0.378 e. The van der Waals surface area contributed by atoms with Crippen LogP contribution in [0.5, 0.6) is 0 Å². The van der Waals surface area contributed by atoms with E-state index in [4.69, 9.17) is 21.6 Å². The lowest BCUT2D eigenvalue weighted by molar-refractivity contribution is 0.0637. The fraction of sp³-hybridized carbons (Fsp3) is 0.714. The summed E-state index contributed by atoms with van der Waals surface area (Å²) in [5.41, 5.74) is 5.17. The summed E-state index contributed by atoms with van der Waals surface area (Å²) >= 11 is 0. The SMILES string of the molecule is C#CCOCCOCCN.[NH]. The molecule has 0 aromatic carbocycles. The second kappa shape index (κ2) is 12.1. The van der Waals surface area contributed by atoms with Crippen LogP contribution in [0.2, 0.25) is 0 Å². The van der Waals surface area contributed by atoms with E-state index >= 15 is 0 Å². The fourth-order valence-corrected chi connectivity index (χ4v) is 0.434. The van der Waals surface area contributed by atoms with Crippen molar-refractivity contribution < 1.29 is 9.47 Å². The minimum absolute atomic E-state index is 0. The molecule has 11 heavy (non-hydrogen) atoms. The quantitative estimate of drug-likeness (QED) is 0.412. The van der Waals surface area contributed by atoms with E-state index in [0.29, 0.717) is 33.0 Å². The Labute approximate surface area is 67.6 Å². The maximum atomic E-state index is 5.17. The second-order valence-corrected chi connectivity index (χ2v) is 1.66. The van der Waals surface area contributed by atoms with Gasteiger partial charge in [0.25, 0.3) is 0 Å². The first-order valence-corrected chi connectivity index (χ1v) is 3.21. The van der Waals surface area contributed by atoms with Crippen molar-refractivity contribution in [3.63, 3.8) is 0 Å². The highest BCUT2D eigenvalue weighted by Crippen LogP contribution is 1.75. The normalized spacial score (nSPS) is 8.36. The topological polar surface area (TPSA) is 76.5 Å². The third kappa shape index (κ3) is 12.6. The molecular formula is C7H14N2O2. The van der Waals surface area contributed by atoms with Gasteiger partial charge in [0, 0.05) is 6.54 Å². The van der Waals surface area contributed by atoms with Gasteiger partial charge in [-0.3, -0.25) is 0 Å². The van der Waals surface area contributed by atoms with Crippen LogP contribution in [0.1, 0.15) is 0 Å². The van der Waals surface area contributed by atoms with Gasteiger partial charge >= 0.3 is 0 Å². The predicted molar refractivity (Wildman–Crippen MR) is 42.6 cm³/mol. The first kappa shape index (κ1) is 13.0. The molecule has 0 bridgehead atoms. The highest BCUT2D eigenvalue weighted by molar-refractivity contribution is 4.82. The first-order valence-electron chi connectivity index (χ1n) is 3.21. The summed E-state index contributed by atoms with van der Waals surface area (Å²) in [6.07, 6.45) is 4.93. The molecule has 0 rings (SSSR count). The Morgan fingerprint density at radius 3 is 2.36 bits per heavy atom. The van der Waals surface area contributed by atoms with Gasteiger partial charge in [-0.15, -0.1) is 6.42 Å². The Bertz CT molecular complexity index is 101. The van der Waals surface area contributed by atoms with Crippen LogP contribution in [-0.4, -0.2) is 33.0 Å². The van der Waals surface area contributed by atoms with Crippen molar-refractivity contribution in [3.8, 4) is 12.3 Å². The molecule has 0 aliphatic carbocycles. The Balaban J connectivity index is 0. The van der Waals surface area contributed by atoms with E-state index in [1.807, 2.05) is 0 Å². The van der Waals surface area contributed by atoms with E-state index in [-0.39, 0.29) is 6.15 Å². The molecule has 0 aromatic heterocycles. The lowest BCUT2D eigenvalue weighted by atomic mass is 10.7. The summed E-state index contributed by atoms with van der Waals surface area (Å²) in [7, 11) is 0. The highest BCUT2D eigenvalue weighted by atomic mass is 16.5. The molecule has 0 aromatic rings. The van der Waals surface area contributed by atoms with E-state index < -0.39 is 0 Å². The van der Waals surface area contributed by atoms with E-state index in [1.165, 1.54) is 0 Å². The van der Waals surface area contributed by atoms with Crippen LogP contribution in [0.15, 0.2) is 0 Å². The zero-order valence-electron chi connectivity index (χ0n) is 6.51. The number of rotatable bonds is 6. The maximum Gasteiger partial charge on any atom is 0.107 e. The summed E-state index contributed by atoms with van der Waals surface area (Å²) < 4.78 is 9.94. The van der Waals surface area contributed by atoms with Gasteiger partial charge in [-0.1, -0.05) is 5.92 Å². The molecule has 0 aliphatic heterocycles. The van der Waals surface area contributed by atoms with Gasteiger partial charge in [0.15, 0.2) is 0 Å². The Hall–Kier alpha value is -0.600. The molecule has 0 spiro atoms. The van der Waals surface area contributed by atoms with Crippen LogP contribution in [0.3, 0.4) is 0 Å². The Morgan fingerprint density at radius 1 is 1.18 bits per heavy atom. The van der Waals surface area contributed by atoms with Crippen LogP contribution in [0.4, 0.5) is 0 Å². The Morgan fingerprint density at radius 2 is 1.82 bits per heavy atom. The standard InChI is InChI=1S/C7H13NO2.HN/c1-2-4-9-6-7-10-5-3-8;/h1H,3-8H2;1H. The molecule has 64 valence electrons. The number of ether oxygens (including phenoxy) is 2. The van der Waals surface area contributed by atoms with Crippen molar-refractivity contribution >= 4 is 0 Å². The summed E-state index contributed by atoms with van der Waals surface area (Å²) in [5, 5.41) is 0. The highest BCUT2D eigenvalue weighted by Gasteiger charge is 1.84. The van der Waals surface area contributed by atoms with Crippen LogP contribution in [-0.2, 0) is 9.47 Å². The number of nitrogens with two attached hydrogens (primary N) is 1. The summed E-state index contributed by atoms with van der Waals surface area (Å²) in [6.45, 7) is 2.60. The van der Waals surface area contributed by atoms with Crippen molar-refractivity contribution in [1.29, 1.82) is 0 Å². The van der Waals surface area contributed by atoms with Crippen molar-refractivity contribution in [3.05, 3.63) is 0 Å². The predicted octanol–water partition coefficient (Wildman–Crippen LogP) is -0.655. The second-order valence-electron chi connectivity index (χ2n) is 1.66. The lowest BCUT2D eigenvalue weighted by Crippen LogP contribution is -2.11. The monoisotopic (exact) mass is 158 g/mol. The molecule has 4 heteroatoms. The third-order valence-electron chi connectivity index (χ3n) is 0.820. The minimum Gasteiger partial charge on any atom is -0.378 e. The zero-order chi connectivity index (χ0) is 7.66. The van der Waals surface area contributed by atoms with Crippen molar-refractivity contribution in [2.24, 2.45) is 5.73 Å². The van der Waals surface area contributed by atoms with Crippen LogP contribution >= 0.6 is 0 Å². The van der Waals surface area contributed by atoms with Gasteiger partial charge in [0.2, 0.25) is 0 Å². The van der Waals surface area contributed by atoms with Crippen molar-refractivity contribution in [2.45, 2.75) is 0 Å². The molecular weight excluding hydrogens is 144 g/mol. The molecule has 2 radical (unpaired) electrons. The number of hydrogen-bond donors (Lipinski definition) is 1. The van der Waals surface area contributed by atoms with Gasteiger partial charge in [-0.2, -0.15) is 6.15 Å². The van der Waals surface area contributed by atoms with Crippen LogP contribution in [0, 0.1) is 12.3 Å². The summed E-state index contributed by atoms with van der Waals surface area (Å²) in [6, 6.07) is 0. The molecule has 0 unspecified atom stereocenters. The van der Waals surface area contributed by atoms with Crippen LogP contribution in [0.25, 0.3) is 0 Å².